The fraction of sp³-hybridized carbons (Fsp3) is 0.259. The molecule has 2 aliphatic heterocycles. The van der Waals surface area contributed by atoms with Gasteiger partial charge in [-0.1, -0.05) is 19.9 Å². The number of aromatic nitrogens is 2. The van der Waals surface area contributed by atoms with E-state index in [0.29, 0.717) is 24.7 Å². The molecule has 3 aromatic rings. The third-order valence-corrected chi connectivity index (χ3v) is 5.54. The van der Waals surface area contributed by atoms with E-state index >= 15 is 0 Å². The summed E-state index contributed by atoms with van der Waals surface area (Å²) < 4.78 is 27.0. The minimum absolute atomic E-state index is 0.267. The Morgan fingerprint density at radius 2 is 1.86 bits per heavy atom. The van der Waals surface area contributed by atoms with Crippen LogP contribution in [0, 0.1) is 12.7 Å². The number of halogens is 1. The minimum Gasteiger partial charge on any atom is -0.495 e. The van der Waals surface area contributed by atoms with Gasteiger partial charge in [-0.05, 0) is 61.9 Å². The van der Waals surface area contributed by atoms with Gasteiger partial charge in [-0.3, -0.25) is 10.0 Å². The quantitative estimate of drug-likeness (QED) is 0.483. The second-order valence-corrected chi connectivity index (χ2v) is 7.85. The molecule has 0 aliphatic carbocycles. The van der Waals surface area contributed by atoms with Gasteiger partial charge in [-0.15, -0.1) is 0 Å². The molecule has 1 saturated heterocycles. The monoisotopic (exact) mass is 475 g/mol. The van der Waals surface area contributed by atoms with Crippen molar-refractivity contribution in [3.8, 4) is 11.4 Å². The number of amidine groups is 1. The van der Waals surface area contributed by atoms with E-state index in [-0.39, 0.29) is 5.82 Å². The summed E-state index contributed by atoms with van der Waals surface area (Å²) in [5, 5.41) is 4.08. The van der Waals surface area contributed by atoms with E-state index in [1.54, 1.807) is 31.8 Å². The Bertz CT molecular complexity index is 1280. The van der Waals surface area contributed by atoms with Crippen molar-refractivity contribution in [2.75, 3.05) is 25.3 Å². The second-order valence-electron chi connectivity index (χ2n) is 7.85. The average molecular weight is 476 g/mol. The summed E-state index contributed by atoms with van der Waals surface area (Å²) in [6.07, 6.45) is 7.47. The van der Waals surface area contributed by atoms with Crippen LogP contribution in [0.3, 0.4) is 0 Å². The lowest BCUT2D eigenvalue weighted by Crippen LogP contribution is -2.52. The largest absolute Gasteiger partial charge is 0.495 e. The lowest BCUT2D eigenvalue weighted by molar-refractivity contribution is 0.167. The normalized spacial score (nSPS) is 16.0. The van der Waals surface area contributed by atoms with Crippen molar-refractivity contribution in [2.45, 2.75) is 27.7 Å². The van der Waals surface area contributed by atoms with Crippen molar-refractivity contribution in [1.29, 1.82) is 0 Å². The maximum atomic E-state index is 13.5. The Labute approximate surface area is 205 Å². The van der Waals surface area contributed by atoms with Gasteiger partial charge in [0.1, 0.15) is 18.2 Å². The minimum atomic E-state index is -0.267. The average Bonchev–Trinajstić information content (AvgIpc) is 3.32. The molecule has 0 saturated carbocycles. The van der Waals surface area contributed by atoms with Crippen LogP contribution >= 0.6 is 0 Å². The summed E-state index contributed by atoms with van der Waals surface area (Å²) >= 11 is 0. The zero-order valence-corrected chi connectivity index (χ0v) is 20.7. The number of benzene rings is 2. The second kappa shape index (κ2) is 10.5. The number of morpholine rings is 1. The van der Waals surface area contributed by atoms with Crippen LogP contribution < -0.4 is 9.75 Å². The predicted octanol–water partition coefficient (Wildman–Crippen LogP) is 5.72. The topological polar surface area (TPSA) is 55.1 Å². The first-order valence-corrected chi connectivity index (χ1v) is 11.6. The van der Waals surface area contributed by atoms with Crippen molar-refractivity contribution >= 4 is 17.6 Å². The molecular weight excluding hydrogens is 445 g/mol. The number of anilines is 1. The smallest absolute Gasteiger partial charge is 0.190 e. The van der Waals surface area contributed by atoms with E-state index in [1.165, 1.54) is 12.1 Å². The third-order valence-electron chi connectivity index (χ3n) is 5.54. The SMILES string of the molecule is CC.COc1cc(/C=C2\OCCN3C2=NC=C(C)N3c2ccc(F)cc2)ccc1-n1cnc(C)c1. The van der Waals surface area contributed by atoms with Gasteiger partial charge in [0.2, 0.25) is 0 Å². The number of nitrogens with zero attached hydrogens (tertiary/aromatic N) is 5. The molecule has 2 aliphatic rings. The van der Waals surface area contributed by atoms with Gasteiger partial charge in [0.05, 0.1) is 48.9 Å². The highest BCUT2D eigenvalue weighted by Gasteiger charge is 2.31. The molecule has 7 nitrogen and oxygen atoms in total. The summed E-state index contributed by atoms with van der Waals surface area (Å²) in [4.78, 5) is 8.94. The lowest BCUT2D eigenvalue weighted by Gasteiger charge is -2.43. The zero-order valence-electron chi connectivity index (χ0n) is 20.7. The van der Waals surface area contributed by atoms with Crippen molar-refractivity contribution in [3.63, 3.8) is 0 Å². The van der Waals surface area contributed by atoms with Gasteiger partial charge in [0.15, 0.2) is 11.6 Å². The van der Waals surface area contributed by atoms with Gasteiger partial charge in [-0.2, -0.15) is 0 Å². The predicted molar refractivity (Wildman–Crippen MR) is 137 cm³/mol. The molecule has 5 rings (SSSR count). The number of aliphatic imine (C=N–C) groups is 1. The first-order valence-electron chi connectivity index (χ1n) is 11.6. The molecule has 0 spiro atoms. The molecule has 3 heterocycles. The molecule has 0 N–H and O–H groups in total. The van der Waals surface area contributed by atoms with Gasteiger partial charge >= 0.3 is 0 Å². The van der Waals surface area contributed by atoms with Crippen LogP contribution in [0.4, 0.5) is 10.1 Å². The number of hydrazine groups is 1. The fourth-order valence-corrected chi connectivity index (χ4v) is 4.00. The molecule has 2 aromatic carbocycles. The van der Waals surface area contributed by atoms with Crippen molar-refractivity contribution < 1.29 is 13.9 Å². The van der Waals surface area contributed by atoms with E-state index < -0.39 is 0 Å². The molecule has 1 aromatic heterocycles. The summed E-state index contributed by atoms with van der Waals surface area (Å²) in [5.74, 6) is 1.82. The Balaban J connectivity index is 0.00000141. The third kappa shape index (κ3) is 4.91. The number of hydrogen-bond acceptors (Lipinski definition) is 6. The maximum absolute atomic E-state index is 13.5. The number of methoxy groups -OCH3 is 1. The first-order chi connectivity index (χ1) is 17.0. The molecule has 0 radical (unpaired) electrons. The Morgan fingerprint density at radius 3 is 2.54 bits per heavy atom. The molecular formula is C27H30FN5O2. The van der Waals surface area contributed by atoms with E-state index in [4.69, 9.17) is 9.47 Å². The van der Waals surface area contributed by atoms with Gasteiger partial charge in [0, 0.05) is 6.20 Å². The molecule has 0 amide bonds. The Kier molecular flexibility index (Phi) is 7.19. The number of imidazole rings is 1. The summed E-state index contributed by atoms with van der Waals surface area (Å²) in [6, 6.07) is 12.4. The number of hydrogen-bond donors (Lipinski definition) is 0. The van der Waals surface area contributed by atoms with E-state index in [9.17, 15) is 4.39 Å². The fourth-order valence-electron chi connectivity index (χ4n) is 4.00. The van der Waals surface area contributed by atoms with Crippen LogP contribution in [0.2, 0.25) is 0 Å². The lowest BCUT2D eigenvalue weighted by atomic mass is 10.1. The molecule has 35 heavy (non-hydrogen) atoms. The standard InChI is InChI=1S/C25H24FN5O2.C2H6/c1-17-15-29(16-28-17)22-9-4-19(12-23(22)32-3)13-24-25-27-14-18(2)31(30(25)10-11-33-24)21-7-5-20(26)6-8-21;1-2/h4-9,12-16H,10-11H2,1-3H3;1-2H3/b24-13-;. The van der Waals surface area contributed by atoms with Crippen molar-refractivity contribution in [2.24, 2.45) is 4.99 Å². The van der Waals surface area contributed by atoms with Crippen LogP contribution in [0.1, 0.15) is 32.0 Å². The Hall–Kier alpha value is -4.07. The number of ether oxygens (including phenoxy) is 2. The van der Waals surface area contributed by atoms with E-state index in [2.05, 4.69) is 15.0 Å². The molecule has 0 unspecified atom stereocenters. The molecule has 0 bridgehead atoms. The number of rotatable bonds is 4. The van der Waals surface area contributed by atoms with Gasteiger partial charge in [0.25, 0.3) is 0 Å². The number of fused-ring (bicyclic) bond motifs is 1. The molecule has 8 heteroatoms. The van der Waals surface area contributed by atoms with Crippen LogP contribution in [0.25, 0.3) is 11.8 Å². The van der Waals surface area contributed by atoms with Gasteiger partial charge < -0.3 is 14.0 Å². The highest BCUT2D eigenvalue weighted by molar-refractivity contribution is 6.02. The summed E-state index contributed by atoms with van der Waals surface area (Å²) in [5.41, 5.74) is 4.56. The highest BCUT2D eigenvalue weighted by Crippen LogP contribution is 2.31. The van der Waals surface area contributed by atoms with E-state index in [0.717, 1.165) is 34.1 Å². The summed E-state index contributed by atoms with van der Waals surface area (Å²) in [6.45, 7) is 9.05. The Morgan fingerprint density at radius 1 is 1.09 bits per heavy atom. The van der Waals surface area contributed by atoms with Crippen LogP contribution in [0.15, 0.2) is 77.6 Å². The molecule has 0 atom stereocenters. The maximum Gasteiger partial charge on any atom is 0.190 e. The van der Waals surface area contributed by atoms with E-state index in [1.807, 2.05) is 67.7 Å². The number of aryl methyl sites for hydroxylation is 1. The molecule has 182 valence electrons. The van der Waals surface area contributed by atoms with Crippen molar-refractivity contribution in [1.82, 2.24) is 14.6 Å². The highest BCUT2D eigenvalue weighted by atomic mass is 19.1. The van der Waals surface area contributed by atoms with Gasteiger partial charge in [-0.25, -0.2) is 14.4 Å². The van der Waals surface area contributed by atoms with Crippen LogP contribution in [-0.4, -0.2) is 40.7 Å². The van der Waals surface area contributed by atoms with Crippen molar-refractivity contribution in [3.05, 3.63) is 89.7 Å². The summed E-state index contributed by atoms with van der Waals surface area (Å²) in [7, 11) is 1.65. The molecule has 1 fully saturated rings. The van der Waals surface area contributed by atoms with Crippen LogP contribution in [-0.2, 0) is 4.74 Å². The number of allylic oxidation sites excluding steroid dienone is 1. The zero-order chi connectivity index (χ0) is 24.9. The first kappa shape index (κ1) is 24.1. The van der Waals surface area contributed by atoms with Crippen LogP contribution in [0.5, 0.6) is 5.75 Å².